The molecule has 23 heavy (non-hydrogen) atoms. The molecule has 2 atom stereocenters. The first kappa shape index (κ1) is 19.0. The molecule has 0 aliphatic heterocycles. The molecule has 2 rings (SSSR count). The van der Waals surface area contributed by atoms with Crippen molar-refractivity contribution in [3.63, 3.8) is 0 Å². The van der Waals surface area contributed by atoms with E-state index >= 15 is 0 Å². The van der Waals surface area contributed by atoms with E-state index in [-0.39, 0.29) is 0 Å². The lowest BCUT2D eigenvalue weighted by molar-refractivity contribution is -0.0408. The Labute approximate surface area is 145 Å². The van der Waals surface area contributed by atoms with Gasteiger partial charge in [-0.3, -0.25) is 0 Å². The summed E-state index contributed by atoms with van der Waals surface area (Å²) in [6.45, 7) is 5.61. The van der Waals surface area contributed by atoms with Crippen LogP contribution >= 0.6 is 11.6 Å². The van der Waals surface area contributed by atoms with E-state index in [4.69, 9.17) is 11.6 Å². The van der Waals surface area contributed by atoms with E-state index in [1.165, 1.54) is 0 Å². The van der Waals surface area contributed by atoms with E-state index in [1.807, 2.05) is 26.8 Å². The van der Waals surface area contributed by atoms with Gasteiger partial charge in [-0.25, -0.2) is 4.39 Å². The van der Waals surface area contributed by atoms with Crippen LogP contribution in [0.1, 0.15) is 58.1 Å². The predicted octanol–water partition coefficient (Wildman–Crippen LogP) is 4.08. The van der Waals surface area contributed by atoms with Crippen LogP contribution in [0, 0.1) is 0 Å². The van der Waals surface area contributed by atoms with Gasteiger partial charge in [-0.15, -0.1) is 4.72 Å². The zero-order chi connectivity index (χ0) is 17.3. The molecular weight excluding hydrogens is 337 g/mol. The van der Waals surface area contributed by atoms with Crippen molar-refractivity contribution in [1.29, 1.82) is 0 Å². The van der Waals surface area contributed by atoms with Gasteiger partial charge in [-0.05, 0) is 64.2 Å². The van der Waals surface area contributed by atoms with Gasteiger partial charge in [0.1, 0.15) is 17.0 Å². The Morgan fingerprint density at radius 3 is 2.52 bits per heavy atom. The summed E-state index contributed by atoms with van der Waals surface area (Å²) in [5.74, 6) is 0. The molecular formula is C17H25ClFNO2S. The maximum absolute atomic E-state index is 13.5. The Kier molecular flexibility index (Phi) is 6.01. The number of alkyl halides is 1. The van der Waals surface area contributed by atoms with Gasteiger partial charge in [-0.1, -0.05) is 23.7 Å². The predicted molar refractivity (Wildman–Crippen MR) is 93.5 cm³/mol. The summed E-state index contributed by atoms with van der Waals surface area (Å²) in [5, 5.41) is 11.7. The summed E-state index contributed by atoms with van der Waals surface area (Å²) < 4.78 is 28.7. The van der Waals surface area contributed by atoms with Crippen LogP contribution < -0.4 is 4.72 Å². The van der Waals surface area contributed by atoms with Gasteiger partial charge >= 0.3 is 0 Å². The minimum absolute atomic E-state index is 0.317. The van der Waals surface area contributed by atoms with E-state index in [2.05, 4.69) is 4.72 Å². The second kappa shape index (κ2) is 7.28. The number of benzene rings is 1. The Hall–Kier alpha value is -0.330. The van der Waals surface area contributed by atoms with E-state index < -0.39 is 33.9 Å². The van der Waals surface area contributed by atoms with Crippen molar-refractivity contribution in [2.75, 3.05) is 0 Å². The molecule has 130 valence electrons. The van der Waals surface area contributed by atoms with Crippen molar-refractivity contribution in [3.8, 4) is 0 Å². The maximum Gasteiger partial charge on any atom is 0.136 e. The van der Waals surface area contributed by atoms with E-state index in [9.17, 15) is 14.0 Å². The van der Waals surface area contributed by atoms with Gasteiger partial charge in [0.05, 0.1) is 5.60 Å². The van der Waals surface area contributed by atoms with Crippen molar-refractivity contribution in [2.45, 2.75) is 69.0 Å². The van der Waals surface area contributed by atoms with Crippen LogP contribution in [0.25, 0.3) is 0 Å². The molecule has 0 amide bonds. The van der Waals surface area contributed by atoms with Gasteiger partial charge in [0.25, 0.3) is 0 Å². The highest BCUT2D eigenvalue weighted by Crippen LogP contribution is 2.40. The number of aliphatic hydroxyl groups is 1. The second-order valence-electron chi connectivity index (χ2n) is 7.27. The largest absolute Gasteiger partial charge is 0.598 e. The molecule has 1 aromatic carbocycles. The standard InChI is InChI=1S/C17H25ClFNO2S/c1-16(2,3)23(22)20-15(12-5-4-6-13(18)11-12)17(21)9-7-14(19)8-10-17/h4-6,11,14-15,20-21H,7-10H2,1-3H3/t14-,15-,17-,23-/m0/s1. The van der Waals surface area contributed by atoms with Crippen molar-refractivity contribution < 1.29 is 14.0 Å². The normalized spacial score (nSPS) is 28.4. The summed E-state index contributed by atoms with van der Waals surface area (Å²) in [4.78, 5) is 0. The molecule has 0 saturated heterocycles. The third-order valence-electron chi connectivity index (χ3n) is 4.28. The molecule has 0 aromatic heterocycles. The highest BCUT2D eigenvalue weighted by molar-refractivity contribution is 7.90. The Bertz CT molecular complexity index is 530. The molecule has 0 heterocycles. The molecule has 1 saturated carbocycles. The monoisotopic (exact) mass is 361 g/mol. The van der Waals surface area contributed by atoms with Crippen molar-refractivity contribution >= 4 is 23.0 Å². The molecule has 0 bridgehead atoms. The topological polar surface area (TPSA) is 55.3 Å². The van der Waals surface area contributed by atoms with Crippen LogP contribution in [0.4, 0.5) is 4.39 Å². The summed E-state index contributed by atoms with van der Waals surface area (Å²) in [6, 6.07) is 6.62. The van der Waals surface area contributed by atoms with Crippen LogP contribution in [-0.2, 0) is 11.4 Å². The Morgan fingerprint density at radius 1 is 1.39 bits per heavy atom. The minimum atomic E-state index is -1.36. The first-order valence-electron chi connectivity index (χ1n) is 7.92. The molecule has 1 aromatic rings. The highest BCUT2D eigenvalue weighted by Gasteiger charge is 2.44. The third kappa shape index (κ3) is 4.83. The van der Waals surface area contributed by atoms with Gasteiger partial charge in [0, 0.05) is 16.4 Å². The zero-order valence-electron chi connectivity index (χ0n) is 13.8. The summed E-state index contributed by atoms with van der Waals surface area (Å²) >= 11 is 4.72. The lowest BCUT2D eigenvalue weighted by Gasteiger charge is -2.41. The second-order valence-corrected chi connectivity index (χ2v) is 9.70. The fourth-order valence-electron chi connectivity index (χ4n) is 2.83. The fraction of sp³-hybridized carbons (Fsp3) is 0.647. The summed E-state index contributed by atoms with van der Waals surface area (Å²) in [5.41, 5.74) is -0.358. The molecule has 1 aliphatic rings. The quantitative estimate of drug-likeness (QED) is 0.794. The summed E-state index contributed by atoms with van der Waals surface area (Å²) in [7, 11) is 0. The van der Waals surface area contributed by atoms with E-state index in [0.29, 0.717) is 30.7 Å². The van der Waals surface area contributed by atoms with Gasteiger partial charge in [-0.2, -0.15) is 0 Å². The average molecular weight is 362 g/mol. The fourth-order valence-corrected chi connectivity index (χ4v) is 3.95. The zero-order valence-corrected chi connectivity index (χ0v) is 15.4. The molecule has 1 aliphatic carbocycles. The van der Waals surface area contributed by atoms with E-state index in [1.54, 1.807) is 18.2 Å². The lowest BCUT2D eigenvalue weighted by atomic mass is 9.77. The minimum Gasteiger partial charge on any atom is -0.598 e. The third-order valence-corrected chi connectivity index (χ3v) is 6.08. The van der Waals surface area contributed by atoms with Crippen molar-refractivity contribution in [1.82, 2.24) is 4.72 Å². The number of nitrogens with one attached hydrogen (secondary N) is 1. The van der Waals surface area contributed by atoms with Crippen LogP contribution in [0.15, 0.2) is 24.3 Å². The molecule has 6 heteroatoms. The molecule has 3 nitrogen and oxygen atoms in total. The smallest absolute Gasteiger partial charge is 0.136 e. The number of hydrogen-bond donors (Lipinski definition) is 2. The van der Waals surface area contributed by atoms with Crippen LogP contribution in [-0.4, -0.2) is 26.2 Å². The first-order valence-corrected chi connectivity index (χ1v) is 9.44. The molecule has 0 unspecified atom stereocenters. The van der Waals surface area contributed by atoms with E-state index in [0.717, 1.165) is 5.56 Å². The van der Waals surface area contributed by atoms with Crippen molar-refractivity contribution in [3.05, 3.63) is 34.9 Å². The van der Waals surface area contributed by atoms with Crippen LogP contribution in [0.3, 0.4) is 0 Å². The molecule has 0 spiro atoms. The van der Waals surface area contributed by atoms with Crippen LogP contribution in [0.2, 0.25) is 5.02 Å². The van der Waals surface area contributed by atoms with Crippen LogP contribution in [0.5, 0.6) is 0 Å². The van der Waals surface area contributed by atoms with Crippen molar-refractivity contribution in [2.24, 2.45) is 0 Å². The molecule has 2 N–H and O–H groups in total. The highest BCUT2D eigenvalue weighted by atomic mass is 35.5. The number of rotatable bonds is 4. The SMILES string of the molecule is CC(C)(C)[S@+]([O-])N[C@@H](c1cccc(Cl)c1)[C@]1(O)CC[C@H](F)CC1. The lowest BCUT2D eigenvalue weighted by Crippen LogP contribution is -2.51. The Morgan fingerprint density at radius 2 is 2.00 bits per heavy atom. The van der Waals surface area contributed by atoms with Gasteiger partial charge in [0.15, 0.2) is 0 Å². The summed E-state index contributed by atoms with van der Waals surface area (Å²) in [6.07, 6.45) is 0.428. The maximum atomic E-state index is 13.5. The molecule has 1 fully saturated rings. The number of hydrogen-bond acceptors (Lipinski definition) is 3. The molecule has 0 radical (unpaired) electrons. The number of halogens is 2. The van der Waals surface area contributed by atoms with Gasteiger partial charge < -0.3 is 9.66 Å². The first-order chi connectivity index (χ1) is 10.6. The van der Waals surface area contributed by atoms with Gasteiger partial charge in [0.2, 0.25) is 0 Å². The Balaban J connectivity index is 2.31. The average Bonchev–Trinajstić information content (AvgIpc) is 2.46.